The first-order valence-electron chi connectivity index (χ1n) is 5.17. The molecule has 0 unspecified atom stereocenters. The van der Waals surface area contributed by atoms with Gasteiger partial charge in [0.05, 0.1) is 9.80 Å². The number of carboxylic acid groups (broad SMARTS) is 1. The standard InChI is InChI=1S/C10H14N2O4S/c1-6-10(12(15)16)9(11)7(17-6)4-2-3-5-8(13)14/h2-5,11H2,1H3,(H,13,14). The third kappa shape index (κ3) is 3.42. The molecule has 1 heterocycles. The summed E-state index contributed by atoms with van der Waals surface area (Å²) in [6.45, 7) is 1.67. The highest BCUT2D eigenvalue weighted by molar-refractivity contribution is 7.13. The van der Waals surface area contributed by atoms with E-state index in [1.807, 2.05) is 0 Å². The third-order valence-electron chi connectivity index (χ3n) is 2.39. The number of anilines is 1. The largest absolute Gasteiger partial charge is 0.481 e. The molecule has 6 nitrogen and oxygen atoms in total. The fraction of sp³-hybridized carbons (Fsp3) is 0.500. The Morgan fingerprint density at radius 1 is 1.53 bits per heavy atom. The summed E-state index contributed by atoms with van der Waals surface area (Å²) in [6.07, 6.45) is 1.94. The van der Waals surface area contributed by atoms with Crippen LogP contribution >= 0.6 is 11.3 Å². The van der Waals surface area contributed by atoms with Gasteiger partial charge in [0.15, 0.2) is 0 Å². The van der Waals surface area contributed by atoms with Crippen LogP contribution in [0.1, 0.15) is 29.0 Å². The molecule has 1 rings (SSSR count). The normalized spacial score (nSPS) is 10.4. The molecule has 17 heavy (non-hydrogen) atoms. The van der Waals surface area contributed by atoms with E-state index in [0.29, 0.717) is 24.1 Å². The summed E-state index contributed by atoms with van der Waals surface area (Å²) < 4.78 is 0. The molecular formula is C10H14N2O4S. The smallest absolute Gasteiger partial charge is 0.305 e. The van der Waals surface area contributed by atoms with Crippen molar-refractivity contribution in [3.63, 3.8) is 0 Å². The number of rotatable bonds is 6. The van der Waals surface area contributed by atoms with Gasteiger partial charge in [0.25, 0.3) is 0 Å². The molecular weight excluding hydrogens is 244 g/mol. The van der Waals surface area contributed by atoms with E-state index in [1.54, 1.807) is 6.92 Å². The van der Waals surface area contributed by atoms with E-state index in [0.717, 1.165) is 4.88 Å². The molecule has 0 aliphatic rings. The maximum absolute atomic E-state index is 10.7. The van der Waals surface area contributed by atoms with Crippen LogP contribution in [0.25, 0.3) is 0 Å². The Morgan fingerprint density at radius 2 is 2.18 bits per heavy atom. The molecule has 0 fully saturated rings. The highest BCUT2D eigenvalue weighted by Gasteiger charge is 2.22. The molecule has 94 valence electrons. The number of aliphatic carboxylic acids is 1. The van der Waals surface area contributed by atoms with Crippen molar-refractivity contribution in [3.8, 4) is 0 Å². The predicted octanol–water partition coefficient (Wildman–Crippen LogP) is 2.34. The van der Waals surface area contributed by atoms with E-state index >= 15 is 0 Å². The zero-order chi connectivity index (χ0) is 13.0. The fourth-order valence-electron chi connectivity index (χ4n) is 1.58. The first-order chi connectivity index (χ1) is 7.93. The van der Waals surface area contributed by atoms with Gasteiger partial charge in [-0.3, -0.25) is 14.9 Å². The lowest BCUT2D eigenvalue weighted by Gasteiger charge is -1.98. The van der Waals surface area contributed by atoms with Crippen LogP contribution in [0.3, 0.4) is 0 Å². The van der Waals surface area contributed by atoms with Gasteiger partial charge in [0.1, 0.15) is 5.69 Å². The Labute approximate surface area is 102 Å². The number of hydrogen-bond donors (Lipinski definition) is 2. The minimum atomic E-state index is -0.827. The van der Waals surface area contributed by atoms with Crippen LogP contribution in [0.2, 0.25) is 0 Å². The van der Waals surface area contributed by atoms with E-state index in [9.17, 15) is 14.9 Å². The average molecular weight is 258 g/mol. The van der Waals surface area contributed by atoms with Gasteiger partial charge in [-0.2, -0.15) is 0 Å². The summed E-state index contributed by atoms with van der Waals surface area (Å²) in [6, 6.07) is 0. The topological polar surface area (TPSA) is 106 Å². The summed E-state index contributed by atoms with van der Waals surface area (Å²) in [4.78, 5) is 21.9. The number of nitrogen functional groups attached to an aromatic ring is 1. The minimum absolute atomic E-state index is 0.0109. The molecule has 0 aliphatic carbocycles. The van der Waals surface area contributed by atoms with E-state index in [2.05, 4.69) is 0 Å². The second-order valence-corrected chi connectivity index (χ2v) is 5.01. The van der Waals surface area contributed by atoms with Gasteiger partial charge in [0.2, 0.25) is 0 Å². The van der Waals surface area contributed by atoms with Crippen LogP contribution in [0.4, 0.5) is 11.4 Å². The van der Waals surface area contributed by atoms with Crippen molar-refractivity contribution in [2.75, 3.05) is 5.73 Å². The maximum atomic E-state index is 10.7. The predicted molar refractivity (Wildman–Crippen MR) is 65.3 cm³/mol. The monoisotopic (exact) mass is 258 g/mol. The summed E-state index contributed by atoms with van der Waals surface area (Å²) in [5.41, 5.74) is 5.92. The van der Waals surface area contributed by atoms with Crippen molar-refractivity contribution >= 4 is 28.7 Å². The molecule has 0 aromatic carbocycles. The van der Waals surface area contributed by atoms with E-state index in [4.69, 9.17) is 10.8 Å². The lowest BCUT2D eigenvalue weighted by atomic mass is 10.1. The molecule has 1 aromatic heterocycles. The highest BCUT2D eigenvalue weighted by Crippen LogP contribution is 2.37. The first-order valence-corrected chi connectivity index (χ1v) is 5.99. The van der Waals surface area contributed by atoms with Crippen LogP contribution in [0.15, 0.2) is 0 Å². The first kappa shape index (κ1) is 13.4. The van der Waals surface area contributed by atoms with Crippen molar-refractivity contribution < 1.29 is 14.8 Å². The van der Waals surface area contributed by atoms with Gasteiger partial charge < -0.3 is 10.8 Å². The zero-order valence-electron chi connectivity index (χ0n) is 9.43. The Bertz CT molecular complexity index is 442. The second kappa shape index (κ2) is 5.62. The SMILES string of the molecule is Cc1sc(CCCCC(=O)O)c(N)c1[N+](=O)[O-]. The number of hydrogen-bond acceptors (Lipinski definition) is 5. The summed E-state index contributed by atoms with van der Waals surface area (Å²) in [5, 5.41) is 19.2. The number of nitrogens with zero attached hydrogens (tertiary/aromatic N) is 1. The molecule has 0 atom stereocenters. The number of aryl methyl sites for hydroxylation is 2. The fourth-order valence-corrected chi connectivity index (χ4v) is 2.69. The minimum Gasteiger partial charge on any atom is -0.481 e. The van der Waals surface area contributed by atoms with Crippen LogP contribution in [0, 0.1) is 17.0 Å². The Kier molecular flexibility index (Phi) is 4.45. The molecule has 3 N–H and O–H groups in total. The van der Waals surface area contributed by atoms with Crippen LogP contribution in [0.5, 0.6) is 0 Å². The van der Waals surface area contributed by atoms with Gasteiger partial charge >= 0.3 is 11.7 Å². The average Bonchev–Trinajstić information content (AvgIpc) is 2.48. The van der Waals surface area contributed by atoms with Crippen molar-refractivity contribution in [2.24, 2.45) is 0 Å². The molecule has 0 bridgehead atoms. The molecule has 7 heteroatoms. The molecule has 0 spiro atoms. The van der Waals surface area contributed by atoms with Crippen molar-refractivity contribution in [1.29, 1.82) is 0 Å². The molecule has 0 amide bonds. The summed E-state index contributed by atoms with van der Waals surface area (Å²) >= 11 is 1.31. The van der Waals surface area contributed by atoms with E-state index in [1.165, 1.54) is 11.3 Å². The number of carbonyl (C=O) groups is 1. The lowest BCUT2D eigenvalue weighted by Crippen LogP contribution is -1.97. The molecule has 0 saturated carbocycles. The number of nitro groups is 1. The Morgan fingerprint density at radius 3 is 2.65 bits per heavy atom. The van der Waals surface area contributed by atoms with Crippen LogP contribution in [-0.2, 0) is 11.2 Å². The molecule has 0 radical (unpaired) electrons. The van der Waals surface area contributed by atoms with Crippen molar-refractivity contribution in [2.45, 2.75) is 32.6 Å². The third-order valence-corrected chi connectivity index (χ3v) is 3.56. The van der Waals surface area contributed by atoms with Gasteiger partial charge in [-0.25, -0.2) is 0 Å². The Hall–Kier alpha value is -1.63. The number of thiophene rings is 1. The molecule has 0 aliphatic heterocycles. The number of nitrogens with two attached hydrogens (primary N) is 1. The zero-order valence-corrected chi connectivity index (χ0v) is 10.2. The number of unbranched alkanes of at least 4 members (excludes halogenated alkanes) is 1. The molecule has 0 saturated heterocycles. The van der Waals surface area contributed by atoms with E-state index in [-0.39, 0.29) is 17.8 Å². The maximum Gasteiger partial charge on any atom is 0.305 e. The van der Waals surface area contributed by atoms with Gasteiger partial charge in [0, 0.05) is 11.3 Å². The van der Waals surface area contributed by atoms with Gasteiger partial charge in [-0.1, -0.05) is 0 Å². The van der Waals surface area contributed by atoms with Gasteiger partial charge in [-0.15, -0.1) is 11.3 Å². The lowest BCUT2D eigenvalue weighted by molar-refractivity contribution is -0.384. The van der Waals surface area contributed by atoms with Crippen LogP contribution in [-0.4, -0.2) is 16.0 Å². The Balaban J connectivity index is 2.63. The summed E-state index contributed by atoms with van der Waals surface area (Å²) in [5.74, 6) is -0.827. The van der Waals surface area contributed by atoms with Crippen LogP contribution < -0.4 is 5.73 Å². The second-order valence-electron chi connectivity index (χ2n) is 3.70. The number of carboxylic acids is 1. The van der Waals surface area contributed by atoms with Gasteiger partial charge in [-0.05, 0) is 26.2 Å². The van der Waals surface area contributed by atoms with E-state index < -0.39 is 10.9 Å². The highest BCUT2D eigenvalue weighted by atomic mass is 32.1. The summed E-state index contributed by atoms with van der Waals surface area (Å²) in [7, 11) is 0. The quantitative estimate of drug-likeness (QED) is 0.462. The van der Waals surface area contributed by atoms with Crippen molar-refractivity contribution in [1.82, 2.24) is 0 Å². The van der Waals surface area contributed by atoms with Crippen molar-refractivity contribution in [3.05, 3.63) is 19.9 Å². The molecule has 1 aromatic rings.